The van der Waals surface area contributed by atoms with E-state index in [1.165, 1.54) is 12.0 Å². The van der Waals surface area contributed by atoms with Crippen LogP contribution in [0.15, 0.2) is 24.3 Å². The Kier molecular flexibility index (Phi) is 6.82. The van der Waals surface area contributed by atoms with Gasteiger partial charge in [0.25, 0.3) is 10.1 Å². The fourth-order valence-electron chi connectivity index (χ4n) is 2.31. The Morgan fingerprint density at radius 1 is 1.18 bits per heavy atom. The van der Waals surface area contributed by atoms with Gasteiger partial charge in [0, 0.05) is 6.61 Å². The van der Waals surface area contributed by atoms with Crippen molar-refractivity contribution in [2.75, 3.05) is 19.5 Å². The number of hydrogen-bond donors (Lipinski definition) is 0. The Hall–Kier alpha value is -0.950. The van der Waals surface area contributed by atoms with E-state index in [9.17, 15) is 8.42 Å². The lowest BCUT2D eigenvalue weighted by Gasteiger charge is -2.22. The summed E-state index contributed by atoms with van der Waals surface area (Å²) in [4.78, 5) is 0. The molecule has 1 aliphatic heterocycles. The lowest BCUT2D eigenvalue weighted by atomic mass is 10.1. The van der Waals surface area contributed by atoms with Gasteiger partial charge in [0.2, 0.25) is 0 Å². The quantitative estimate of drug-likeness (QED) is 0.542. The first kappa shape index (κ1) is 17.4. The Balaban J connectivity index is 1.65. The van der Waals surface area contributed by atoms with Crippen LogP contribution < -0.4 is 0 Å². The number of aryl methyl sites for hydroxylation is 1. The van der Waals surface area contributed by atoms with Gasteiger partial charge >= 0.3 is 0 Å². The van der Waals surface area contributed by atoms with Crippen molar-refractivity contribution in [1.82, 2.24) is 0 Å². The van der Waals surface area contributed by atoms with Gasteiger partial charge in [-0.05, 0) is 43.2 Å². The summed E-state index contributed by atoms with van der Waals surface area (Å²) < 4.78 is 37.8. The number of rotatable bonds is 8. The third kappa shape index (κ3) is 6.87. The lowest BCUT2D eigenvalue weighted by Crippen LogP contribution is -2.22. The summed E-state index contributed by atoms with van der Waals surface area (Å²) in [6.07, 6.45) is 6.21. The molecule has 0 spiro atoms. The first-order valence-electron chi connectivity index (χ1n) is 7.68. The van der Waals surface area contributed by atoms with Gasteiger partial charge in [0.1, 0.15) is 0 Å². The molecule has 0 bridgehead atoms. The molecule has 0 aromatic heterocycles. The minimum atomic E-state index is -3.39. The molecule has 0 amide bonds. The van der Waals surface area contributed by atoms with Gasteiger partial charge in [-0.15, -0.1) is 0 Å². The van der Waals surface area contributed by atoms with Crippen LogP contribution in [0.3, 0.4) is 0 Å². The second kappa shape index (κ2) is 8.62. The molecule has 6 heteroatoms. The molecule has 1 aromatic carbocycles. The Bertz CT molecular complexity index is 532. The van der Waals surface area contributed by atoms with Crippen LogP contribution in [0.4, 0.5) is 0 Å². The molecule has 2 rings (SSSR count). The van der Waals surface area contributed by atoms with E-state index >= 15 is 0 Å². The van der Waals surface area contributed by atoms with Gasteiger partial charge in [-0.25, -0.2) is 0 Å². The van der Waals surface area contributed by atoms with Crippen LogP contribution in [0.1, 0.15) is 36.8 Å². The highest BCUT2D eigenvalue weighted by Gasteiger charge is 2.13. The van der Waals surface area contributed by atoms with Crippen molar-refractivity contribution < 1.29 is 22.1 Å². The lowest BCUT2D eigenvalue weighted by molar-refractivity contribution is -0.162. The Morgan fingerprint density at radius 2 is 1.91 bits per heavy atom. The second-order valence-corrected chi connectivity index (χ2v) is 7.20. The maximum Gasteiger partial charge on any atom is 0.264 e. The molecule has 0 aliphatic carbocycles. The summed E-state index contributed by atoms with van der Waals surface area (Å²) in [7, 11) is -3.39. The first-order valence-corrected chi connectivity index (χ1v) is 9.50. The SMILES string of the molecule is CS(=O)(=O)OCc1ccc(CCCOC2CCCCO2)cc1. The van der Waals surface area contributed by atoms with Gasteiger partial charge in [-0.3, -0.25) is 4.18 Å². The molecule has 124 valence electrons. The van der Waals surface area contributed by atoms with E-state index in [4.69, 9.17) is 13.7 Å². The van der Waals surface area contributed by atoms with Gasteiger partial charge in [0.05, 0.1) is 19.5 Å². The molecule has 1 aliphatic rings. The number of hydrogen-bond acceptors (Lipinski definition) is 5. The summed E-state index contributed by atoms with van der Waals surface area (Å²) in [6.45, 7) is 1.59. The predicted molar refractivity (Wildman–Crippen MR) is 83.9 cm³/mol. The van der Waals surface area contributed by atoms with Gasteiger partial charge in [-0.2, -0.15) is 8.42 Å². The normalized spacial score (nSPS) is 19.2. The zero-order valence-corrected chi connectivity index (χ0v) is 13.8. The molecule has 5 nitrogen and oxygen atoms in total. The molecular weight excluding hydrogens is 304 g/mol. The summed E-state index contributed by atoms with van der Waals surface area (Å²) in [6, 6.07) is 7.79. The highest BCUT2D eigenvalue weighted by atomic mass is 32.2. The molecule has 1 aromatic rings. The smallest absolute Gasteiger partial charge is 0.264 e. The van der Waals surface area contributed by atoms with E-state index < -0.39 is 10.1 Å². The fourth-order valence-corrected chi connectivity index (χ4v) is 2.66. The van der Waals surface area contributed by atoms with E-state index in [0.717, 1.165) is 44.1 Å². The Labute approximate surface area is 132 Å². The number of ether oxygens (including phenoxy) is 2. The van der Waals surface area contributed by atoms with E-state index in [-0.39, 0.29) is 12.9 Å². The highest BCUT2D eigenvalue weighted by molar-refractivity contribution is 7.85. The Morgan fingerprint density at radius 3 is 2.55 bits per heavy atom. The summed E-state index contributed by atoms with van der Waals surface area (Å²) >= 11 is 0. The average Bonchev–Trinajstić information content (AvgIpc) is 2.51. The van der Waals surface area contributed by atoms with Crippen molar-refractivity contribution in [1.29, 1.82) is 0 Å². The van der Waals surface area contributed by atoms with Crippen LogP contribution >= 0.6 is 0 Å². The second-order valence-electron chi connectivity index (χ2n) is 5.55. The molecule has 1 unspecified atom stereocenters. The minimum absolute atomic E-state index is 0.0238. The van der Waals surface area contributed by atoms with Crippen LogP contribution in [0, 0.1) is 0 Å². The standard InChI is InChI=1S/C16H24O5S/c1-22(17,18)21-13-15-9-7-14(8-10-15)5-4-12-20-16-6-2-3-11-19-16/h7-10,16H,2-6,11-13H2,1H3. The minimum Gasteiger partial charge on any atom is -0.353 e. The number of benzene rings is 1. The molecule has 0 N–H and O–H groups in total. The van der Waals surface area contributed by atoms with E-state index in [1.54, 1.807) is 0 Å². The monoisotopic (exact) mass is 328 g/mol. The maximum atomic E-state index is 10.9. The van der Waals surface area contributed by atoms with Gasteiger partial charge in [-0.1, -0.05) is 24.3 Å². The van der Waals surface area contributed by atoms with Crippen LogP contribution in [0.25, 0.3) is 0 Å². The fraction of sp³-hybridized carbons (Fsp3) is 0.625. The van der Waals surface area contributed by atoms with Crippen molar-refractivity contribution in [3.63, 3.8) is 0 Å². The highest BCUT2D eigenvalue weighted by Crippen LogP contribution is 2.14. The third-order valence-corrected chi connectivity index (χ3v) is 4.06. The van der Waals surface area contributed by atoms with E-state index in [1.807, 2.05) is 24.3 Å². The molecular formula is C16H24O5S. The molecule has 0 radical (unpaired) electrons. The average molecular weight is 328 g/mol. The molecule has 1 fully saturated rings. The molecule has 1 saturated heterocycles. The molecule has 1 heterocycles. The maximum absolute atomic E-state index is 10.9. The van der Waals surface area contributed by atoms with Crippen molar-refractivity contribution in [2.24, 2.45) is 0 Å². The third-order valence-electron chi connectivity index (χ3n) is 3.51. The zero-order chi connectivity index (χ0) is 15.8. The van der Waals surface area contributed by atoms with Gasteiger partial charge in [0.15, 0.2) is 6.29 Å². The van der Waals surface area contributed by atoms with Crippen molar-refractivity contribution >= 4 is 10.1 Å². The predicted octanol–water partition coefficient (Wildman–Crippen LogP) is 2.64. The largest absolute Gasteiger partial charge is 0.353 e. The van der Waals surface area contributed by atoms with Crippen LogP contribution in [-0.2, 0) is 36.8 Å². The van der Waals surface area contributed by atoms with Crippen LogP contribution in [0.5, 0.6) is 0 Å². The van der Waals surface area contributed by atoms with Crippen molar-refractivity contribution in [3.05, 3.63) is 35.4 Å². The van der Waals surface area contributed by atoms with Crippen LogP contribution in [-0.4, -0.2) is 34.2 Å². The molecule has 0 saturated carbocycles. The van der Waals surface area contributed by atoms with Crippen LogP contribution in [0.2, 0.25) is 0 Å². The van der Waals surface area contributed by atoms with E-state index in [2.05, 4.69) is 0 Å². The molecule has 1 atom stereocenters. The topological polar surface area (TPSA) is 61.8 Å². The first-order chi connectivity index (χ1) is 10.5. The zero-order valence-electron chi connectivity index (χ0n) is 13.0. The van der Waals surface area contributed by atoms with Gasteiger partial charge < -0.3 is 9.47 Å². The summed E-state index contributed by atoms with van der Waals surface area (Å²) in [5, 5.41) is 0. The summed E-state index contributed by atoms with van der Waals surface area (Å²) in [5.74, 6) is 0. The molecule has 22 heavy (non-hydrogen) atoms. The summed E-state index contributed by atoms with van der Waals surface area (Å²) in [5.41, 5.74) is 2.05. The van der Waals surface area contributed by atoms with Crippen molar-refractivity contribution in [3.8, 4) is 0 Å². The van der Waals surface area contributed by atoms with E-state index in [0.29, 0.717) is 6.61 Å². The van der Waals surface area contributed by atoms with Crippen molar-refractivity contribution in [2.45, 2.75) is 45.0 Å².